The average molecular weight is 381 g/mol. The number of ketones is 1. The average Bonchev–Trinajstić information content (AvgIpc) is 2.53. The topological polar surface area (TPSA) is 63.2 Å². The molecular formula is C19H21F2NO3S. The van der Waals surface area contributed by atoms with E-state index >= 15 is 0 Å². The zero-order chi connectivity index (χ0) is 19.5. The Kier molecular flexibility index (Phi) is 6.13. The molecule has 0 amide bonds. The van der Waals surface area contributed by atoms with Crippen LogP contribution in [0, 0.1) is 18.6 Å². The van der Waals surface area contributed by atoms with E-state index in [1.807, 2.05) is 0 Å². The zero-order valence-electron chi connectivity index (χ0n) is 14.8. The normalized spacial score (nSPS) is 12.7. The highest BCUT2D eigenvalue weighted by atomic mass is 32.2. The van der Waals surface area contributed by atoms with Crippen LogP contribution in [0.4, 0.5) is 14.5 Å². The van der Waals surface area contributed by atoms with Gasteiger partial charge in [-0.1, -0.05) is 25.1 Å². The van der Waals surface area contributed by atoms with Crippen molar-refractivity contribution in [2.24, 2.45) is 0 Å². The van der Waals surface area contributed by atoms with Gasteiger partial charge in [0, 0.05) is 12.3 Å². The van der Waals surface area contributed by atoms with E-state index in [0.717, 1.165) is 17.9 Å². The Bertz CT molecular complexity index is 926. The SMILES string of the molecule is Cc1ccc(CCC(=O)C(C)c2ccc(NS(C)(=O)=O)c(F)c2)c(F)c1. The van der Waals surface area contributed by atoms with Crippen LogP contribution >= 0.6 is 0 Å². The molecule has 0 aliphatic carbocycles. The number of carbonyl (C=O) groups excluding carboxylic acids is 1. The molecule has 1 atom stereocenters. The Balaban J connectivity index is 2.06. The highest BCUT2D eigenvalue weighted by molar-refractivity contribution is 7.92. The maximum absolute atomic E-state index is 14.1. The van der Waals surface area contributed by atoms with Crippen LogP contribution in [0.5, 0.6) is 0 Å². The number of carbonyl (C=O) groups is 1. The van der Waals surface area contributed by atoms with Gasteiger partial charge in [-0.2, -0.15) is 0 Å². The van der Waals surface area contributed by atoms with Crippen LogP contribution in [0.1, 0.15) is 36.0 Å². The third kappa shape index (κ3) is 5.36. The van der Waals surface area contributed by atoms with Crippen molar-refractivity contribution in [3.05, 3.63) is 64.7 Å². The lowest BCUT2D eigenvalue weighted by Crippen LogP contribution is -2.13. The van der Waals surface area contributed by atoms with Gasteiger partial charge in [-0.05, 0) is 48.2 Å². The molecule has 4 nitrogen and oxygen atoms in total. The fourth-order valence-corrected chi connectivity index (χ4v) is 3.16. The molecule has 1 unspecified atom stereocenters. The highest BCUT2D eigenvalue weighted by Gasteiger charge is 2.18. The second-order valence-electron chi connectivity index (χ2n) is 6.40. The van der Waals surface area contributed by atoms with Crippen LogP contribution < -0.4 is 4.72 Å². The van der Waals surface area contributed by atoms with Crippen LogP contribution in [0.25, 0.3) is 0 Å². The third-order valence-corrected chi connectivity index (χ3v) is 4.71. The summed E-state index contributed by atoms with van der Waals surface area (Å²) in [5.41, 5.74) is 1.55. The van der Waals surface area contributed by atoms with E-state index in [2.05, 4.69) is 4.72 Å². The number of benzene rings is 2. The van der Waals surface area contributed by atoms with Gasteiger partial charge < -0.3 is 0 Å². The van der Waals surface area contributed by atoms with Gasteiger partial charge in [0.05, 0.1) is 11.9 Å². The predicted molar refractivity (Wildman–Crippen MR) is 97.7 cm³/mol. The van der Waals surface area contributed by atoms with E-state index in [1.54, 1.807) is 26.0 Å². The largest absolute Gasteiger partial charge is 0.299 e. The van der Waals surface area contributed by atoms with Crippen molar-refractivity contribution >= 4 is 21.5 Å². The van der Waals surface area contributed by atoms with Crippen molar-refractivity contribution in [2.75, 3.05) is 11.0 Å². The number of rotatable bonds is 7. The quantitative estimate of drug-likeness (QED) is 0.790. The molecule has 0 aliphatic heterocycles. The molecule has 0 saturated carbocycles. The second-order valence-corrected chi connectivity index (χ2v) is 8.14. The number of hydrogen-bond acceptors (Lipinski definition) is 3. The number of aryl methyl sites for hydroxylation is 2. The Hall–Kier alpha value is -2.28. The second kappa shape index (κ2) is 7.95. The van der Waals surface area contributed by atoms with Crippen molar-refractivity contribution < 1.29 is 22.0 Å². The molecule has 2 rings (SSSR count). The number of sulfonamides is 1. The van der Waals surface area contributed by atoms with Crippen molar-refractivity contribution in [1.29, 1.82) is 0 Å². The highest BCUT2D eigenvalue weighted by Crippen LogP contribution is 2.24. The predicted octanol–water partition coefficient (Wildman–Crippen LogP) is 3.95. The molecule has 0 bridgehead atoms. The molecule has 1 N–H and O–H groups in total. The van der Waals surface area contributed by atoms with Crippen molar-refractivity contribution in [3.63, 3.8) is 0 Å². The summed E-state index contributed by atoms with van der Waals surface area (Å²) < 4.78 is 52.3. The fourth-order valence-electron chi connectivity index (χ4n) is 2.60. The first-order valence-corrected chi connectivity index (χ1v) is 10.0. The van der Waals surface area contributed by atoms with Gasteiger partial charge in [0.2, 0.25) is 10.0 Å². The molecule has 2 aromatic rings. The van der Waals surface area contributed by atoms with Crippen molar-refractivity contribution in [3.8, 4) is 0 Å². The van der Waals surface area contributed by atoms with Crippen molar-refractivity contribution in [2.45, 2.75) is 32.6 Å². The monoisotopic (exact) mass is 381 g/mol. The minimum Gasteiger partial charge on any atom is -0.299 e. The van der Waals surface area contributed by atoms with Gasteiger partial charge >= 0.3 is 0 Å². The molecule has 0 aliphatic rings. The van der Waals surface area contributed by atoms with E-state index in [1.165, 1.54) is 18.2 Å². The molecule has 26 heavy (non-hydrogen) atoms. The first kappa shape index (κ1) is 20.0. The molecule has 0 radical (unpaired) electrons. The molecular weight excluding hydrogens is 360 g/mol. The van der Waals surface area contributed by atoms with Crippen LogP contribution in [-0.4, -0.2) is 20.5 Å². The van der Waals surface area contributed by atoms with Gasteiger partial charge in [-0.3, -0.25) is 9.52 Å². The van der Waals surface area contributed by atoms with Crippen LogP contribution in [0.2, 0.25) is 0 Å². The molecule has 0 saturated heterocycles. The van der Waals surface area contributed by atoms with E-state index in [9.17, 15) is 22.0 Å². The number of hydrogen-bond donors (Lipinski definition) is 1. The smallest absolute Gasteiger partial charge is 0.229 e. The number of anilines is 1. The number of nitrogens with one attached hydrogen (secondary N) is 1. The Morgan fingerprint density at radius 2 is 1.81 bits per heavy atom. The lowest BCUT2D eigenvalue weighted by Gasteiger charge is -2.13. The first-order valence-electron chi connectivity index (χ1n) is 8.12. The van der Waals surface area contributed by atoms with Gasteiger partial charge in [-0.15, -0.1) is 0 Å². The summed E-state index contributed by atoms with van der Waals surface area (Å²) in [4.78, 5) is 12.4. The molecule has 7 heteroatoms. The summed E-state index contributed by atoms with van der Waals surface area (Å²) in [5, 5.41) is 0. The third-order valence-electron chi connectivity index (χ3n) is 4.12. The summed E-state index contributed by atoms with van der Waals surface area (Å²) in [6.07, 6.45) is 1.33. The van der Waals surface area contributed by atoms with Gasteiger partial charge in [-0.25, -0.2) is 17.2 Å². The van der Waals surface area contributed by atoms with Gasteiger partial charge in [0.15, 0.2) is 0 Å². The molecule has 2 aromatic carbocycles. The number of Topliss-reactive ketones (excluding diaryl/α,β-unsaturated/α-hetero) is 1. The Morgan fingerprint density at radius 1 is 1.12 bits per heavy atom. The van der Waals surface area contributed by atoms with Gasteiger partial charge in [0.25, 0.3) is 0 Å². The molecule has 0 fully saturated rings. The minimum absolute atomic E-state index is 0.131. The lowest BCUT2D eigenvalue weighted by atomic mass is 9.92. The van der Waals surface area contributed by atoms with Crippen LogP contribution in [-0.2, 0) is 21.2 Å². The first-order chi connectivity index (χ1) is 12.1. The molecule has 0 spiro atoms. The number of halogens is 2. The van der Waals surface area contributed by atoms with E-state index in [-0.39, 0.29) is 30.1 Å². The van der Waals surface area contributed by atoms with E-state index < -0.39 is 21.8 Å². The summed E-state index contributed by atoms with van der Waals surface area (Å²) in [5.74, 6) is -1.82. The summed E-state index contributed by atoms with van der Waals surface area (Å²) in [6.45, 7) is 3.43. The Labute approximate surface area is 152 Å². The van der Waals surface area contributed by atoms with Gasteiger partial charge in [0.1, 0.15) is 17.4 Å². The maximum atomic E-state index is 14.1. The minimum atomic E-state index is -3.59. The van der Waals surface area contributed by atoms with Crippen LogP contribution in [0.3, 0.4) is 0 Å². The van der Waals surface area contributed by atoms with Crippen LogP contribution in [0.15, 0.2) is 36.4 Å². The lowest BCUT2D eigenvalue weighted by molar-refractivity contribution is -0.120. The molecule has 0 aromatic heterocycles. The zero-order valence-corrected chi connectivity index (χ0v) is 15.7. The van der Waals surface area contributed by atoms with E-state index in [0.29, 0.717) is 11.1 Å². The molecule has 0 heterocycles. The van der Waals surface area contributed by atoms with E-state index in [4.69, 9.17) is 0 Å². The maximum Gasteiger partial charge on any atom is 0.229 e. The van der Waals surface area contributed by atoms with Crippen molar-refractivity contribution in [1.82, 2.24) is 0 Å². The summed E-state index contributed by atoms with van der Waals surface area (Å²) >= 11 is 0. The summed E-state index contributed by atoms with van der Waals surface area (Å²) in [7, 11) is -3.59. The Morgan fingerprint density at radius 3 is 2.38 bits per heavy atom. The fraction of sp³-hybridized carbons (Fsp3) is 0.316. The standard InChI is InChI=1S/C19H21F2NO3S/c1-12-4-5-14(16(20)10-12)7-9-19(23)13(2)15-6-8-18(17(21)11-15)22-26(3,24)25/h4-6,8,10-11,13,22H,7,9H2,1-3H3. The summed E-state index contributed by atoms with van der Waals surface area (Å²) in [6, 6.07) is 8.80. The molecule has 140 valence electrons.